The van der Waals surface area contributed by atoms with Crippen LogP contribution in [0.3, 0.4) is 0 Å². The Morgan fingerprint density at radius 2 is 2.05 bits per heavy atom. The van der Waals surface area contributed by atoms with E-state index in [9.17, 15) is 4.79 Å². The summed E-state index contributed by atoms with van der Waals surface area (Å²) in [6.07, 6.45) is 6.48. The first-order valence-electron chi connectivity index (χ1n) is 7.63. The van der Waals surface area contributed by atoms with E-state index in [1.54, 1.807) is 7.11 Å². The van der Waals surface area contributed by atoms with Gasteiger partial charge in [0.2, 0.25) is 5.91 Å². The molecule has 4 nitrogen and oxygen atoms in total. The highest BCUT2D eigenvalue weighted by molar-refractivity contribution is 5.83. The Labute approximate surface area is 116 Å². The van der Waals surface area contributed by atoms with E-state index in [4.69, 9.17) is 10.5 Å². The lowest BCUT2D eigenvalue weighted by molar-refractivity contribution is -0.147. The Bertz CT molecular complexity index is 311. The molecule has 1 unspecified atom stereocenters. The second-order valence-electron chi connectivity index (χ2n) is 6.42. The zero-order chi connectivity index (χ0) is 13.9. The molecule has 0 aromatic rings. The van der Waals surface area contributed by atoms with Crippen LogP contribution >= 0.6 is 0 Å². The molecule has 1 atom stereocenters. The molecule has 1 saturated heterocycles. The molecule has 0 aromatic carbocycles. The maximum absolute atomic E-state index is 12.9. The van der Waals surface area contributed by atoms with E-state index in [1.807, 2.05) is 4.90 Å². The van der Waals surface area contributed by atoms with Crippen LogP contribution in [-0.4, -0.2) is 43.7 Å². The van der Waals surface area contributed by atoms with Crippen molar-refractivity contribution in [3.05, 3.63) is 0 Å². The second kappa shape index (κ2) is 6.23. The van der Waals surface area contributed by atoms with Crippen LogP contribution in [0.25, 0.3) is 0 Å². The monoisotopic (exact) mass is 268 g/mol. The number of nitrogens with two attached hydrogens (primary N) is 1. The number of methoxy groups -OCH3 is 1. The van der Waals surface area contributed by atoms with Crippen LogP contribution in [0.1, 0.15) is 45.4 Å². The van der Waals surface area contributed by atoms with Crippen LogP contribution in [0.15, 0.2) is 0 Å². The number of hydrogen-bond donors (Lipinski definition) is 1. The predicted octanol–water partition coefficient (Wildman–Crippen LogP) is 1.78. The number of amides is 1. The highest BCUT2D eigenvalue weighted by atomic mass is 16.5. The molecule has 1 aliphatic carbocycles. The fourth-order valence-electron chi connectivity index (χ4n) is 3.47. The third-order valence-corrected chi connectivity index (χ3v) is 5.07. The van der Waals surface area contributed by atoms with Gasteiger partial charge in [-0.05, 0) is 44.4 Å². The second-order valence-corrected chi connectivity index (χ2v) is 6.42. The minimum atomic E-state index is -0.290. The minimum absolute atomic E-state index is 0.204. The lowest BCUT2D eigenvalue weighted by Gasteiger charge is -2.43. The maximum Gasteiger partial charge on any atom is 0.230 e. The van der Waals surface area contributed by atoms with Crippen LogP contribution in [0, 0.1) is 11.3 Å². The Balaban J connectivity index is 2.03. The van der Waals surface area contributed by atoms with Crippen molar-refractivity contribution in [3.8, 4) is 0 Å². The number of rotatable bonds is 3. The van der Waals surface area contributed by atoms with Gasteiger partial charge in [0, 0.05) is 26.7 Å². The van der Waals surface area contributed by atoms with Gasteiger partial charge in [0.25, 0.3) is 0 Å². The third kappa shape index (κ3) is 3.11. The molecule has 1 heterocycles. The molecule has 0 aromatic heterocycles. The van der Waals surface area contributed by atoms with Crippen molar-refractivity contribution in [3.63, 3.8) is 0 Å². The summed E-state index contributed by atoms with van der Waals surface area (Å²) >= 11 is 0. The first kappa shape index (κ1) is 14.8. The number of hydrogen-bond acceptors (Lipinski definition) is 3. The summed E-state index contributed by atoms with van der Waals surface area (Å²) in [6.45, 7) is 4.38. The quantitative estimate of drug-likeness (QED) is 0.849. The van der Waals surface area contributed by atoms with Gasteiger partial charge < -0.3 is 15.4 Å². The summed E-state index contributed by atoms with van der Waals surface area (Å²) in [6, 6.07) is 0. The summed E-state index contributed by atoms with van der Waals surface area (Å²) in [5, 5.41) is 0. The predicted molar refractivity (Wildman–Crippen MR) is 75.7 cm³/mol. The number of carbonyl (C=O) groups excluding carboxylic acids is 1. The SMILES string of the molecule is COC1CCCN(C(=O)C2(CN)CCC(C)CC2)C1. The summed E-state index contributed by atoms with van der Waals surface area (Å²) in [4.78, 5) is 14.9. The van der Waals surface area contributed by atoms with Crippen molar-refractivity contribution < 1.29 is 9.53 Å². The highest BCUT2D eigenvalue weighted by Crippen LogP contribution is 2.40. The number of piperidine rings is 1. The Morgan fingerprint density at radius 1 is 1.37 bits per heavy atom. The molecule has 0 bridgehead atoms. The molecule has 2 fully saturated rings. The largest absolute Gasteiger partial charge is 0.380 e. The highest BCUT2D eigenvalue weighted by Gasteiger charge is 2.43. The van der Waals surface area contributed by atoms with Crippen molar-refractivity contribution in [2.24, 2.45) is 17.1 Å². The maximum atomic E-state index is 12.9. The van der Waals surface area contributed by atoms with Crippen LogP contribution in [-0.2, 0) is 9.53 Å². The molecule has 1 amide bonds. The first-order valence-corrected chi connectivity index (χ1v) is 7.63. The normalized spacial score (nSPS) is 36.3. The van der Waals surface area contributed by atoms with E-state index < -0.39 is 0 Å². The van der Waals surface area contributed by atoms with Gasteiger partial charge in [0.05, 0.1) is 11.5 Å². The third-order valence-electron chi connectivity index (χ3n) is 5.07. The molecule has 0 radical (unpaired) electrons. The fraction of sp³-hybridized carbons (Fsp3) is 0.933. The van der Waals surface area contributed by atoms with Gasteiger partial charge in [-0.3, -0.25) is 4.79 Å². The Kier molecular flexibility index (Phi) is 4.85. The molecular weight excluding hydrogens is 240 g/mol. The number of likely N-dealkylation sites (tertiary alicyclic amines) is 1. The van der Waals surface area contributed by atoms with E-state index >= 15 is 0 Å². The average Bonchev–Trinajstić information content (AvgIpc) is 2.48. The van der Waals surface area contributed by atoms with E-state index in [0.29, 0.717) is 6.54 Å². The van der Waals surface area contributed by atoms with Gasteiger partial charge in [-0.2, -0.15) is 0 Å². The molecular formula is C15H28N2O2. The fourth-order valence-corrected chi connectivity index (χ4v) is 3.47. The molecule has 19 heavy (non-hydrogen) atoms. The zero-order valence-corrected chi connectivity index (χ0v) is 12.4. The van der Waals surface area contributed by atoms with Gasteiger partial charge in [0.15, 0.2) is 0 Å². The van der Waals surface area contributed by atoms with Gasteiger partial charge in [-0.1, -0.05) is 6.92 Å². The van der Waals surface area contributed by atoms with Crippen molar-refractivity contribution in [2.45, 2.75) is 51.6 Å². The molecule has 2 N–H and O–H groups in total. The van der Waals surface area contributed by atoms with Crippen molar-refractivity contribution in [2.75, 3.05) is 26.7 Å². The summed E-state index contributed by atoms with van der Waals surface area (Å²) < 4.78 is 5.42. The van der Waals surface area contributed by atoms with Crippen LogP contribution in [0.4, 0.5) is 0 Å². The van der Waals surface area contributed by atoms with E-state index in [1.165, 1.54) is 0 Å². The van der Waals surface area contributed by atoms with Gasteiger partial charge in [-0.15, -0.1) is 0 Å². The van der Waals surface area contributed by atoms with Crippen molar-refractivity contribution in [1.82, 2.24) is 4.90 Å². The summed E-state index contributed by atoms with van der Waals surface area (Å²) in [7, 11) is 1.74. The molecule has 2 rings (SSSR count). The summed E-state index contributed by atoms with van der Waals surface area (Å²) in [5.41, 5.74) is 5.69. The lowest BCUT2D eigenvalue weighted by Crippen LogP contribution is -2.53. The molecule has 1 aliphatic heterocycles. The number of carbonyl (C=O) groups is 1. The van der Waals surface area contributed by atoms with Crippen molar-refractivity contribution >= 4 is 5.91 Å². The minimum Gasteiger partial charge on any atom is -0.380 e. The lowest BCUT2D eigenvalue weighted by atomic mass is 9.70. The van der Waals surface area contributed by atoms with Crippen LogP contribution < -0.4 is 5.73 Å². The van der Waals surface area contributed by atoms with E-state index in [0.717, 1.165) is 57.5 Å². The zero-order valence-electron chi connectivity index (χ0n) is 12.4. The Morgan fingerprint density at radius 3 is 2.63 bits per heavy atom. The van der Waals surface area contributed by atoms with Gasteiger partial charge in [-0.25, -0.2) is 0 Å². The van der Waals surface area contributed by atoms with Crippen LogP contribution in [0.2, 0.25) is 0 Å². The first-order chi connectivity index (χ1) is 9.11. The Hall–Kier alpha value is -0.610. The molecule has 2 aliphatic rings. The van der Waals surface area contributed by atoms with Crippen molar-refractivity contribution in [1.29, 1.82) is 0 Å². The average molecular weight is 268 g/mol. The molecule has 110 valence electrons. The molecule has 4 heteroatoms. The topological polar surface area (TPSA) is 55.6 Å². The van der Waals surface area contributed by atoms with Gasteiger partial charge >= 0.3 is 0 Å². The van der Waals surface area contributed by atoms with E-state index in [-0.39, 0.29) is 17.4 Å². The smallest absolute Gasteiger partial charge is 0.230 e. The molecule has 0 spiro atoms. The standard InChI is InChI=1S/C15H28N2O2/c1-12-5-7-15(11-16,8-6-12)14(18)17-9-3-4-13(10-17)19-2/h12-13H,3-11,16H2,1-2H3. The van der Waals surface area contributed by atoms with Crippen LogP contribution in [0.5, 0.6) is 0 Å². The molecule has 1 saturated carbocycles. The summed E-state index contributed by atoms with van der Waals surface area (Å²) in [5.74, 6) is 1.02. The number of nitrogens with zero attached hydrogens (tertiary/aromatic N) is 1. The van der Waals surface area contributed by atoms with E-state index in [2.05, 4.69) is 6.92 Å². The van der Waals surface area contributed by atoms with Gasteiger partial charge in [0.1, 0.15) is 0 Å². The number of ether oxygens (including phenoxy) is 1.